The number of amides is 3. The Labute approximate surface area is 712 Å². The quantitative estimate of drug-likeness (QED) is 0.0193. The van der Waals surface area contributed by atoms with Gasteiger partial charge in [0.2, 0.25) is 47.8 Å². The number of likely N-dealkylation sites (N-methyl/N-ethyl adjacent to an activating group) is 4. The number of rotatable bonds is 49. The molecule has 116 heavy (non-hydrogen) atoms. The minimum absolute atomic E-state index is 0.00300. The highest BCUT2D eigenvalue weighted by Crippen LogP contribution is 2.43. The third-order valence-electron chi connectivity index (χ3n) is 20.2. The number of ether oxygens (including phenoxy) is 6. The Morgan fingerprint density at radius 3 is 1.07 bits per heavy atom. The second-order valence-corrected chi connectivity index (χ2v) is 37.4. The van der Waals surface area contributed by atoms with Gasteiger partial charge >= 0.3 is 0 Å². The van der Waals surface area contributed by atoms with Crippen LogP contribution >= 0.6 is 69.6 Å². The van der Waals surface area contributed by atoms with E-state index >= 15 is 0 Å². The van der Waals surface area contributed by atoms with Crippen molar-refractivity contribution >= 4 is 123 Å². The van der Waals surface area contributed by atoms with Gasteiger partial charge in [0.25, 0.3) is 0 Å². The molecule has 3 amide bonds. The van der Waals surface area contributed by atoms with Crippen molar-refractivity contribution in [3.05, 3.63) is 189 Å². The molecule has 0 saturated carbocycles. The normalized spacial score (nSPS) is 16.3. The van der Waals surface area contributed by atoms with E-state index in [9.17, 15) is 44.4 Å². The van der Waals surface area contributed by atoms with Crippen LogP contribution in [0.25, 0.3) is 0 Å². The molecule has 0 spiro atoms. The molecule has 9 rings (SSSR count). The van der Waals surface area contributed by atoms with Gasteiger partial charge in [-0.1, -0.05) is 106 Å². The highest BCUT2D eigenvalue weighted by molar-refractivity contribution is 7.90. The van der Waals surface area contributed by atoms with Crippen LogP contribution < -0.4 is 30.1 Å². The molecule has 636 valence electrons. The van der Waals surface area contributed by atoms with E-state index in [2.05, 4.69) is 44.8 Å². The summed E-state index contributed by atoms with van der Waals surface area (Å²) in [7, 11) is -2.28. The topological polar surface area (TPSA) is 311 Å². The Bertz CT molecular complexity index is 4240. The predicted molar refractivity (Wildman–Crippen MR) is 451 cm³/mol. The van der Waals surface area contributed by atoms with E-state index in [4.69, 9.17) is 98.0 Å². The fraction of sp³-hybridized carbons (Fsp3) is 0.506. The van der Waals surface area contributed by atoms with Crippen LogP contribution in [0.1, 0.15) is 119 Å². The first-order valence-electron chi connectivity index (χ1n) is 38.6. The summed E-state index contributed by atoms with van der Waals surface area (Å²) >= 11 is 39.0. The van der Waals surface area contributed by atoms with Crippen LogP contribution in [0.5, 0.6) is 0 Å². The van der Waals surface area contributed by atoms with Gasteiger partial charge in [-0.2, -0.15) is 0 Å². The van der Waals surface area contributed by atoms with Crippen molar-refractivity contribution in [2.45, 2.75) is 109 Å². The zero-order valence-corrected chi connectivity index (χ0v) is 73.1. The van der Waals surface area contributed by atoms with Crippen molar-refractivity contribution in [3.8, 4) is 0 Å². The van der Waals surface area contributed by atoms with Crippen LogP contribution in [0.2, 0.25) is 30.1 Å². The van der Waals surface area contributed by atoms with Crippen molar-refractivity contribution in [2.24, 2.45) is 0 Å². The van der Waals surface area contributed by atoms with Crippen LogP contribution in [-0.2, 0) is 97.3 Å². The molecule has 6 N–H and O–H groups in total. The first kappa shape index (κ1) is 94.3. The average Bonchev–Trinajstić information content (AvgIpc) is 0.779. The molecule has 0 unspecified atom stereocenters. The van der Waals surface area contributed by atoms with Crippen molar-refractivity contribution in [3.63, 3.8) is 0 Å². The van der Waals surface area contributed by atoms with E-state index in [-0.39, 0.29) is 219 Å². The minimum atomic E-state index is -3.90. The molecule has 6 aromatic carbocycles. The number of halogens is 6. The van der Waals surface area contributed by atoms with E-state index in [0.29, 0.717) is 75.8 Å². The Morgan fingerprint density at radius 2 is 0.733 bits per heavy atom. The number of nitrogens with zero attached hydrogens (tertiary/aromatic N) is 4. The molecule has 3 heterocycles. The van der Waals surface area contributed by atoms with Crippen LogP contribution in [0.4, 0.5) is 0 Å². The highest BCUT2D eigenvalue weighted by Gasteiger charge is 2.36. The molecule has 0 fully saturated rings. The molecule has 3 aliphatic rings. The maximum absolute atomic E-state index is 13.7. The lowest BCUT2D eigenvalue weighted by molar-refractivity contribution is -0.127. The number of Topliss-reactive ketones (excluding diaryl/α,β-unsaturated/α-hetero) is 1. The SMILES string of the molecule is CN(C)CC(=O)NC(CCC(=O)CCCOCCOCCNS(=O)(=O)c1cccc([C@@H]2CN(C)Cc3c(Cl)cc(Cl)cc32)c1)(CCC(=O)NCCOCCOCCNS(=O)(=O)c1cccc([C@@H]2CN(C)Cc3c(Cl)cc(Cl)cc32)c1)CCC(=O)NCCOCCOCCNS(=O)(=O)c1cccc([C@@H]2CN(C)Cc3c(Cl)cc(Cl)cc32)c1. The average molecular weight is 1780 g/mol. The van der Waals surface area contributed by atoms with Crippen LogP contribution in [-0.4, -0.2) is 247 Å². The molecular formula is C81H106Cl6N10O16S3. The molecule has 0 aliphatic carbocycles. The van der Waals surface area contributed by atoms with Gasteiger partial charge in [-0.25, -0.2) is 39.4 Å². The predicted octanol–water partition coefficient (Wildman–Crippen LogP) is 10.0. The monoisotopic (exact) mass is 1780 g/mol. The second-order valence-electron chi connectivity index (χ2n) is 29.6. The van der Waals surface area contributed by atoms with Gasteiger partial charge in [-0.3, -0.25) is 19.2 Å². The van der Waals surface area contributed by atoms with Gasteiger partial charge < -0.3 is 64.0 Å². The van der Waals surface area contributed by atoms with Crippen molar-refractivity contribution in [1.29, 1.82) is 0 Å². The zero-order chi connectivity index (χ0) is 83.6. The standard InChI is InChI=1S/C81H106Cl6N10O16S3/c1-94(2)55-80(101)93-81(20-17-62(98)13-9-28-108-34-35-111-31-25-90-114(102,103)63-14-6-10-56(40-63)69-49-95(3)52-72-66(69)43-59(82)46-75(72)85,21-18-78(99)88-23-29-109-36-38-112-32-26-91-115(104,105)64-15-7-11-57(41-64)70-50-96(4)53-73-67(70)44-60(83)47-76(73)86)22-19-79(100)89-24-30-110-37-39-113-33-27-92-116(106,107)65-16-8-12-58(42-65)71-51-97(5)54-74-68(71)45-61(84)48-77(74)87/h6-8,10-12,14-16,40-48,69-71,90-92H,9,13,17-39,49-55H2,1-5H3,(H,88,99)(H,89,100)(H,93,101)/t69-,70-,71-/m0/s1. The van der Waals surface area contributed by atoms with Crippen molar-refractivity contribution < 1.29 is 72.9 Å². The summed E-state index contributed by atoms with van der Waals surface area (Å²) in [6.45, 7) is 5.78. The summed E-state index contributed by atoms with van der Waals surface area (Å²) in [5.41, 5.74) is 7.01. The third-order valence-corrected chi connectivity index (χ3v) is 26.3. The second kappa shape index (κ2) is 45.9. The van der Waals surface area contributed by atoms with Crippen LogP contribution in [0, 0.1) is 0 Å². The maximum Gasteiger partial charge on any atom is 0.240 e. The van der Waals surface area contributed by atoms with Crippen molar-refractivity contribution in [2.75, 3.05) is 173 Å². The third kappa shape index (κ3) is 29.1. The van der Waals surface area contributed by atoms with Gasteiger partial charge in [-0.15, -0.1) is 0 Å². The lowest BCUT2D eigenvalue weighted by atomic mass is 9.82. The van der Waals surface area contributed by atoms with E-state index in [1.165, 1.54) is 12.1 Å². The molecule has 0 saturated heterocycles. The van der Waals surface area contributed by atoms with Crippen LogP contribution in [0.3, 0.4) is 0 Å². The number of ketones is 1. The van der Waals surface area contributed by atoms with Gasteiger partial charge in [0.1, 0.15) is 5.78 Å². The molecule has 0 radical (unpaired) electrons. The number of benzene rings is 6. The van der Waals surface area contributed by atoms with E-state index < -0.39 is 35.6 Å². The van der Waals surface area contributed by atoms with Gasteiger partial charge in [0.05, 0.1) is 93.9 Å². The zero-order valence-electron chi connectivity index (χ0n) is 66.1. The van der Waals surface area contributed by atoms with Gasteiger partial charge in [-0.05, 0) is 184 Å². The van der Waals surface area contributed by atoms with Gasteiger partial charge in [0.15, 0.2) is 0 Å². The number of carbonyl (C=O) groups is 4. The Kier molecular flexibility index (Phi) is 37.3. The largest absolute Gasteiger partial charge is 0.379 e. The van der Waals surface area contributed by atoms with Crippen LogP contribution in [0.15, 0.2) is 124 Å². The number of hydrogen-bond acceptors (Lipinski definition) is 20. The van der Waals surface area contributed by atoms with E-state index in [1.54, 1.807) is 79.7 Å². The number of sulfonamides is 3. The smallest absolute Gasteiger partial charge is 0.240 e. The Balaban J connectivity index is 0.698. The fourth-order valence-corrected chi connectivity index (χ4v) is 19.4. The van der Waals surface area contributed by atoms with Crippen molar-refractivity contribution in [1.82, 2.24) is 49.7 Å². The number of hydrogen-bond donors (Lipinski definition) is 6. The number of nitrogens with one attached hydrogen (secondary N) is 6. The Morgan fingerprint density at radius 1 is 0.414 bits per heavy atom. The maximum atomic E-state index is 13.7. The number of carbonyl (C=O) groups excluding carboxylic acids is 4. The minimum Gasteiger partial charge on any atom is -0.379 e. The summed E-state index contributed by atoms with van der Waals surface area (Å²) in [5, 5.41) is 12.0. The first-order valence-corrected chi connectivity index (χ1v) is 45.3. The molecule has 3 aliphatic heterocycles. The molecule has 26 nitrogen and oxygen atoms in total. The molecule has 35 heteroatoms. The summed E-state index contributed by atoms with van der Waals surface area (Å²) < 4.78 is 123. The fourth-order valence-electron chi connectivity index (χ4n) is 14.5. The first-order chi connectivity index (χ1) is 55.4. The summed E-state index contributed by atoms with van der Waals surface area (Å²) in [5.74, 6) is -1.66. The van der Waals surface area contributed by atoms with E-state index in [1.807, 2.05) is 57.5 Å². The molecule has 0 bridgehead atoms. The summed E-state index contributed by atoms with van der Waals surface area (Å²) in [6, 6.07) is 31.3. The molecule has 6 aromatic rings. The highest BCUT2D eigenvalue weighted by atomic mass is 35.5. The lowest BCUT2D eigenvalue weighted by Crippen LogP contribution is -2.52. The van der Waals surface area contributed by atoms with Gasteiger partial charge in [0, 0.05) is 158 Å². The molecular weight excluding hydrogens is 1680 g/mol. The lowest BCUT2D eigenvalue weighted by Gasteiger charge is -2.35. The number of fused-ring (bicyclic) bond motifs is 3. The Hall–Kier alpha value is -5.53. The summed E-state index contributed by atoms with van der Waals surface area (Å²) in [4.78, 5) is 62.9. The summed E-state index contributed by atoms with van der Waals surface area (Å²) in [6.07, 6.45) is 0.635. The molecule has 3 atom stereocenters. The van der Waals surface area contributed by atoms with E-state index in [0.717, 1.165) is 50.1 Å². The molecule has 0 aromatic heterocycles.